The molecule has 1 saturated carbocycles. The van der Waals surface area contributed by atoms with Gasteiger partial charge in [0.15, 0.2) is 0 Å². The zero-order valence-corrected chi connectivity index (χ0v) is 10.7. The fourth-order valence-corrected chi connectivity index (χ4v) is 2.24. The second kappa shape index (κ2) is 5.54. The molecule has 100 valence electrons. The van der Waals surface area contributed by atoms with Crippen molar-refractivity contribution in [2.45, 2.75) is 31.3 Å². The predicted molar refractivity (Wildman–Crippen MR) is 67.4 cm³/mol. The van der Waals surface area contributed by atoms with E-state index < -0.39 is 5.54 Å². The SMILES string of the molecule is COCCn1cccc1C(=O)NC1(CO)CCC1. The molecule has 1 aliphatic rings. The Labute approximate surface area is 107 Å². The second-order valence-corrected chi connectivity index (χ2v) is 4.83. The summed E-state index contributed by atoms with van der Waals surface area (Å²) < 4.78 is 6.88. The van der Waals surface area contributed by atoms with Crippen molar-refractivity contribution < 1.29 is 14.6 Å². The van der Waals surface area contributed by atoms with Gasteiger partial charge in [-0.25, -0.2) is 0 Å². The average Bonchev–Trinajstić information content (AvgIpc) is 2.79. The van der Waals surface area contributed by atoms with E-state index in [9.17, 15) is 9.90 Å². The quantitative estimate of drug-likeness (QED) is 0.786. The maximum Gasteiger partial charge on any atom is 0.268 e. The minimum Gasteiger partial charge on any atom is -0.394 e. The molecule has 1 aromatic rings. The first-order valence-electron chi connectivity index (χ1n) is 6.28. The lowest BCUT2D eigenvalue weighted by Gasteiger charge is -2.40. The third-order valence-electron chi connectivity index (χ3n) is 3.59. The van der Waals surface area contributed by atoms with Crippen molar-refractivity contribution in [2.75, 3.05) is 20.3 Å². The number of rotatable bonds is 6. The second-order valence-electron chi connectivity index (χ2n) is 4.83. The molecule has 0 bridgehead atoms. The van der Waals surface area contributed by atoms with Gasteiger partial charge in [-0.05, 0) is 31.4 Å². The van der Waals surface area contributed by atoms with Gasteiger partial charge in [0.25, 0.3) is 5.91 Å². The molecule has 0 spiro atoms. The van der Waals surface area contributed by atoms with Crippen LogP contribution in [0.1, 0.15) is 29.8 Å². The first-order valence-corrected chi connectivity index (χ1v) is 6.28. The van der Waals surface area contributed by atoms with Gasteiger partial charge in [-0.3, -0.25) is 4.79 Å². The summed E-state index contributed by atoms with van der Waals surface area (Å²) in [5.74, 6) is -0.121. The zero-order chi connectivity index (χ0) is 13.0. The molecule has 2 N–H and O–H groups in total. The molecule has 0 radical (unpaired) electrons. The van der Waals surface area contributed by atoms with E-state index in [-0.39, 0.29) is 12.5 Å². The number of carbonyl (C=O) groups excluding carboxylic acids is 1. The number of aromatic nitrogens is 1. The minimum atomic E-state index is -0.395. The van der Waals surface area contributed by atoms with Gasteiger partial charge in [-0.1, -0.05) is 0 Å². The molecule has 18 heavy (non-hydrogen) atoms. The maximum absolute atomic E-state index is 12.2. The highest BCUT2D eigenvalue weighted by Gasteiger charge is 2.38. The molecule has 0 saturated heterocycles. The van der Waals surface area contributed by atoms with Crippen LogP contribution in [0.15, 0.2) is 18.3 Å². The number of aliphatic hydroxyl groups is 1. The molecular formula is C13H20N2O3. The summed E-state index contributed by atoms with van der Waals surface area (Å²) in [5.41, 5.74) is 0.222. The number of hydrogen-bond donors (Lipinski definition) is 2. The predicted octanol–water partition coefficient (Wildman–Crippen LogP) is 0.779. The van der Waals surface area contributed by atoms with Gasteiger partial charge in [0.2, 0.25) is 0 Å². The smallest absolute Gasteiger partial charge is 0.268 e. The highest BCUT2D eigenvalue weighted by atomic mass is 16.5. The third kappa shape index (κ3) is 2.57. The Kier molecular flexibility index (Phi) is 4.04. The molecule has 2 rings (SSSR count). The average molecular weight is 252 g/mol. The lowest BCUT2D eigenvalue weighted by atomic mass is 9.77. The number of nitrogens with one attached hydrogen (secondary N) is 1. The normalized spacial score (nSPS) is 17.2. The zero-order valence-electron chi connectivity index (χ0n) is 10.7. The van der Waals surface area contributed by atoms with Gasteiger partial charge in [-0.15, -0.1) is 0 Å². The maximum atomic E-state index is 12.2. The van der Waals surface area contributed by atoms with E-state index in [1.165, 1.54) is 0 Å². The summed E-state index contributed by atoms with van der Waals surface area (Å²) in [5, 5.41) is 12.3. The first-order chi connectivity index (χ1) is 8.71. The van der Waals surface area contributed by atoms with Crippen molar-refractivity contribution >= 4 is 5.91 Å². The Balaban J connectivity index is 2.02. The van der Waals surface area contributed by atoms with Crippen LogP contribution in [0.25, 0.3) is 0 Å². The summed E-state index contributed by atoms with van der Waals surface area (Å²) in [6, 6.07) is 3.63. The summed E-state index contributed by atoms with van der Waals surface area (Å²) in [7, 11) is 1.64. The number of nitrogens with zero attached hydrogens (tertiary/aromatic N) is 1. The molecular weight excluding hydrogens is 232 g/mol. The molecule has 1 amide bonds. The molecule has 1 aromatic heterocycles. The molecule has 5 heteroatoms. The van der Waals surface area contributed by atoms with Crippen molar-refractivity contribution in [2.24, 2.45) is 0 Å². The number of amides is 1. The van der Waals surface area contributed by atoms with Gasteiger partial charge in [0, 0.05) is 19.9 Å². The van der Waals surface area contributed by atoms with Crippen molar-refractivity contribution in [3.63, 3.8) is 0 Å². The van der Waals surface area contributed by atoms with E-state index in [1.807, 2.05) is 16.8 Å². The van der Waals surface area contributed by atoms with Crippen LogP contribution in [0, 0.1) is 0 Å². The summed E-state index contributed by atoms with van der Waals surface area (Å²) in [6.07, 6.45) is 4.63. The van der Waals surface area contributed by atoms with E-state index in [1.54, 1.807) is 13.2 Å². The number of carbonyl (C=O) groups is 1. The van der Waals surface area contributed by atoms with Crippen molar-refractivity contribution in [1.82, 2.24) is 9.88 Å². The third-order valence-corrected chi connectivity index (χ3v) is 3.59. The van der Waals surface area contributed by atoms with Crippen LogP contribution in [0.4, 0.5) is 0 Å². The van der Waals surface area contributed by atoms with Crippen LogP contribution < -0.4 is 5.32 Å². The molecule has 0 aromatic carbocycles. The topological polar surface area (TPSA) is 63.5 Å². The number of ether oxygens (including phenoxy) is 1. The molecule has 1 heterocycles. The van der Waals surface area contributed by atoms with E-state index in [2.05, 4.69) is 5.32 Å². The summed E-state index contributed by atoms with van der Waals surface area (Å²) >= 11 is 0. The van der Waals surface area contributed by atoms with Gasteiger partial charge in [-0.2, -0.15) is 0 Å². The monoisotopic (exact) mass is 252 g/mol. The van der Waals surface area contributed by atoms with E-state index in [0.29, 0.717) is 18.8 Å². The van der Waals surface area contributed by atoms with Crippen LogP contribution in [-0.4, -0.2) is 41.4 Å². The van der Waals surface area contributed by atoms with Crippen molar-refractivity contribution in [3.05, 3.63) is 24.0 Å². The molecule has 0 atom stereocenters. The van der Waals surface area contributed by atoms with Gasteiger partial charge in [0.05, 0.1) is 18.8 Å². The van der Waals surface area contributed by atoms with E-state index in [0.717, 1.165) is 19.3 Å². The lowest BCUT2D eigenvalue weighted by molar-refractivity contribution is 0.0632. The van der Waals surface area contributed by atoms with Crippen LogP contribution in [0.3, 0.4) is 0 Å². The number of methoxy groups -OCH3 is 1. The van der Waals surface area contributed by atoms with E-state index >= 15 is 0 Å². The number of aliphatic hydroxyl groups excluding tert-OH is 1. The number of hydrogen-bond acceptors (Lipinski definition) is 3. The molecule has 0 aliphatic heterocycles. The Morgan fingerprint density at radius 1 is 1.61 bits per heavy atom. The van der Waals surface area contributed by atoms with Crippen LogP contribution in [0.2, 0.25) is 0 Å². The fraction of sp³-hybridized carbons (Fsp3) is 0.615. The fourth-order valence-electron chi connectivity index (χ4n) is 2.24. The van der Waals surface area contributed by atoms with Gasteiger partial charge in [0.1, 0.15) is 5.69 Å². The Hall–Kier alpha value is -1.33. The highest BCUT2D eigenvalue weighted by Crippen LogP contribution is 2.31. The van der Waals surface area contributed by atoms with Crippen LogP contribution >= 0.6 is 0 Å². The van der Waals surface area contributed by atoms with Crippen molar-refractivity contribution in [1.29, 1.82) is 0 Å². The molecule has 1 fully saturated rings. The Bertz CT molecular complexity index is 405. The molecule has 5 nitrogen and oxygen atoms in total. The lowest BCUT2D eigenvalue weighted by Crippen LogP contribution is -2.56. The highest BCUT2D eigenvalue weighted by molar-refractivity contribution is 5.93. The Morgan fingerprint density at radius 3 is 2.94 bits per heavy atom. The minimum absolute atomic E-state index is 0.0114. The Morgan fingerprint density at radius 2 is 2.39 bits per heavy atom. The first kappa shape index (κ1) is 13.1. The van der Waals surface area contributed by atoms with Crippen LogP contribution in [-0.2, 0) is 11.3 Å². The largest absolute Gasteiger partial charge is 0.394 e. The van der Waals surface area contributed by atoms with Gasteiger partial charge >= 0.3 is 0 Å². The molecule has 0 unspecified atom stereocenters. The van der Waals surface area contributed by atoms with E-state index in [4.69, 9.17) is 4.74 Å². The summed E-state index contributed by atoms with van der Waals surface area (Å²) in [4.78, 5) is 12.2. The summed E-state index contributed by atoms with van der Waals surface area (Å²) in [6.45, 7) is 1.23. The van der Waals surface area contributed by atoms with Gasteiger partial charge < -0.3 is 19.7 Å². The van der Waals surface area contributed by atoms with Crippen LogP contribution in [0.5, 0.6) is 0 Å². The molecule has 1 aliphatic carbocycles. The standard InChI is InChI=1S/C13H20N2O3/c1-18-9-8-15-7-2-4-11(15)12(17)14-13(10-16)5-3-6-13/h2,4,7,16H,3,5-6,8-10H2,1H3,(H,14,17). The van der Waals surface area contributed by atoms with Crippen molar-refractivity contribution in [3.8, 4) is 0 Å².